The largest absolute Gasteiger partial charge is 0.361 e. The summed E-state index contributed by atoms with van der Waals surface area (Å²) < 4.78 is 0. The molecule has 1 unspecified atom stereocenters. The molecule has 22 heavy (non-hydrogen) atoms. The molecule has 4 rings (SSSR count). The van der Waals surface area contributed by atoms with Crippen LogP contribution in [0.3, 0.4) is 0 Å². The van der Waals surface area contributed by atoms with Crippen LogP contribution in [0.4, 0.5) is 5.69 Å². The van der Waals surface area contributed by atoms with E-state index in [-0.39, 0.29) is 11.8 Å². The molecule has 112 valence electrons. The van der Waals surface area contributed by atoms with Gasteiger partial charge < -0.3 is 9.80 Å². The molecule has 1 saturated heterocycles. The molecule has 1 atom stereocenters. The first-order chi connectivity index (χ1) is 10.6. The van der Waals surface area contributed by atoms with Gasteiger partial charge >= 0.3 is 0 Å². The van der Waals surface area contributed by atoms with Crippen LogP contribution in [0, 0.1) is 0 Å². The van der Waals surface area contributed by atoms with Gasteiger partial charge in [-0.2, -0.15) is 0 Å². The highest BCUT2D eigenvalue weighted by atomic mass is 35.5. The van der Waals surface area contributed by atoms with E-state index in [0.717, 1.165) is 36.4 Å². The fraction of sp³-hybridized carbons (Fsp3) is 0.278. The molecule has 0 radical (unpaired) electrons. The summed E-state index contributed by atoms with van der Waals surface area (Å²) in [5, 5.41) is 0.608. The number of carbonyl (C=O) groups is 1. The van der Waals surface area contributed by atoms with Crippen molar-refractivity contribution in [1.29, 1.82) is 0 Å². The van der Waals surface area contributed by atoms with E-state index in [2.05, 4.69) is 22.9 Å². The standard InChI is InChI=1S/C18H17ClN2O/c1-20-8-9-21-16-7-6-12(19)10-15(16)18(22)14-5-3-2-4-13(14)17(21)11-20/h2-7,10,17H,8-9,11H2,1H3. The van der Waals surface area contributed by atoms with Crippen molar-refractivity contribution < 1.29 is 4.79 Å². The van der Waals surface area contributed by atoms with Crippen molar-refractivity contribution >= 4 is 23.1 Å². The summed E-state index contributed by atoms with van der Waals surface area (Å²) in [6.07, 6.45) is 0. The lowest BCUT2D eigenvalue weighted by Gasteiger charge is -2.41. The van der Waals surface area contributed by atoms with Gasteiger partial charge in [-0.15, -0.1) is 0 Å². The summed E-state index contributed by atoms with van der Waals surface area (Å²) >= 11 is 6.14. The first-order valence-electron chi connectivity index (χ1n) is 7.53. The minimum Gasteiger partial charge on any atom is -0.361 e. The number of halogens is 1. The average Bonchev–Trinajstić information content (AvgIpc) is 2.63. The van der Waals surface area contributed by atoms with Crippen molar-refractivity contribution in [2.75, 3.05) is 31.6 Å². The SMILES string of the molecule is CN1CCN2c3ccc(Cl)cc3C(=O)c3ccccc3C2C1. The second-order valence-corrected chi connectivity index (χ2v) is 6.49. The maximum absolute atomic E-state index is 13.0. The molecule has 0 spiro atoms. The van der Waals surface area contributed by atoms with Gasteiger partial charge in [0.05, 0.1) is 6.04 Å². The molecule has 0 aromatic heterocycles. The van der Waals surface area contributed by atoms with Gasteiger partial charge in [0, 0.05) is 41.5 Å². The number of piperazine rings is 1. The zero-order valence-electron chi connectivity index (χ0n) is 12.4. The molecular formula is C18H17ClN2O. The summed E-state index contributed by atoms with van der Waals surface area (Å²) in [6, 6.07) is 13.8. The molecule has 0 N–H and O–H groups in total. The molecule has 3 nitrogen and oxygen atoms in total. The number of hydrogen-bond acceptors (Lipinski definition) is 3. The van der Waals surface area contributed by atoms with Crippen LogP contribution in [0.2, 0.25) is 5.02 Å². The van der Waals surface area contributed by atoms with E-state index in [1.54, 1.807) is 6.07 Å². The molecule has 2 heterocycles. The van der Waals surface area contributed by atoms with E-state index in [1.165, 1.54) is 0 Å². The Kier molecular flexibility index (Phi) is 3.21. The molecule has 0 saturated carbocycles. The third-order valence-corrected chi connectivity index (χ3v) is 4.90. The summed E-state index contributed by atoms with van der Waals surface area (Å²) in [7, 11) is 2.13. The number of likely N-dealkylation sites (N-methyl/N-ethyl adjacent to an activating group) is 1. The molecule has 4 heteroatoms. The van der Waals surface area contributed by atoms with Crippen molar-refractivity contribution in [3.05, 3.63) is 64.2 Å². The van der Waals surface area contributed by atoms with Crippen LogP contribution in [0.15, 0.2) is 42.5 Å². The lowest BCUT2D eigenvalue weighted by atomic mass is 9.95. The monoisotopic (exact) mass is 312 g/mol. The Labute approximate surface area is 135 Å². The number of ketones is 1. The smallest absolute Gasteiger partial charge is 0.195 e. The molecule has 0 aliphatic carbocycles. The Morgan fingerprint density at radius 3 is 2.77 bits per heavy atom. The lowest BCUT2D eigenvalue weighted by Crippen LogP contribution is -2.46. The average molecular weight is 313 g/mol. The molecule has 2 aliphatic heterocycles. The lowest BCUT2D eigenvalue weighted by molar-refractivity contribution is 0.103. The van der Waals surface area contributed by atoms with E-state index in [4.69, 9.17) is 11.6 Å². The minimum atomic E-state index is 0.0742. The summed E-state index contributed by atoms with van der Waals surface area (Å²) in [4.78, 5) is 17.7. The van der Waals surface area contributed by atoms with E-state index in [1.807, 2.05) is 30.3 Å². The van der Waals surface area contributed by atoms with Crippen molar-refractivity contribution in [3.8, 4) is 0 Å². The third-order valence-electron chi connectivity index (χ3n) is 4.66. The quantitative estimate of drug-likeness (QED) is 0.745. The first kappa shape index (κ1) is 13.8. The van der Waals surface area contributed by atoms with E-state index >= 15 is 0 Å². The van der Waals surface area contributed by atoms with Gasteiger partial charge in [0.1, 0.15) is 0 Å². The number of nitrogens with zero attached hydrogens (tertiary/aromatic N) is 2. The number of hydrogen-bond donors (Lipinski definition) is 0. The maximum atomic E-state index is 13.0. The Hall–Kier alpha value is -1.84. The fourth-order valence-electron chi connectivity index (χ4n) is 3.55. The first-order valence-corrected chi connectivity index (χ1v) is 7.91. The summed E-state index contributed by atoms with van der Waals surface area (Å²) in [5.74, 6) is 0.0742. The zero-order valence-corrected chi connectivity index (χ0v) is 13.2. The van der Waals surface area contributed by atoms with Gasteiger partial charge in [-0.1, -0.05) is 35.9 Å². The van der Waals surface area contributed by atoms with Crippen LogP contribution < -0.4 is 4.90 Å². The van der Waals surface area contributed by atoms with Crippen LogP contribution in [-0.4, -0.2) is 37.4 Å². The van der Waals surface area contributed by atoms with Crippen molar-refractivity contribution in [2.24, 2.45) is 0 Å². The van der Waals surface area contributed by atoms with Gasteiger partial charge in [-0.3, -0.25) is 4.79 Å². The number of benzene rings is 2. The van der Waals surface area contributed by atoms with E-state index in [9.17, 15) is 4.79 Å². The highest BCUT2D eigenvalue weighted by molar-refractivity contribution is 6.31. The Balaban J connectivity index is 1.98. The maximum Gasteiger partial charge on any atom is 0.195 e. The van der Waals surface area contributed by atoms with Crippen molar-refractivity contribution in [1.82, 2.24) is 4.90 Å². The van der Waals surface area contributed by atoms with Crippen LogP contribution in [-0.2, 0) is 0 Å². The highest BCUT2D eigenvalue weighted by Gasteiger charge is 2.35. The molecule has 0 amide bonds. The van der Waals surface area contributed by atoms with E-state index in [0.29, 0.717) is 10.6 Å². The number of fused-ring (bicyclic) bond motifs is 5. The van der Waals surface area contributed by atoms with Crippen LogP contribution >= 0.6 is 11.6 Å². The van der Waals surface area contributed by atoms with E-state index < -0.39 is 0 Å². The Bertz CT molecular complexity index is 759. The molecule has 2 aliphatic rings. The summed E-state index contributed by atoms with van der Waals surface area (Å²) in [6.45, 7) is 2.83. The van der Waals surface area contributed by atoms with Gasteiger partial charge in [0.2, 0.25) is 0 Å². The predicted octanol–water partition coefficient (Wildman–Crippen LogP) is 3.38. The van der Waals surface area contributed by atoms with Crippen LogP contribution in [0.1, 0.15) is 27.5 Å². The van der Waals surface area contributed by atoms with Crippen molar-refractivity contribution in [3.63, 3.8) is 0 Å². The summed E-state index contributed by atoms with van der Waals surface area (Å²) in [5.41, 5.74) is 3.64. The Morgan fingerprint density at radius 1 is 1.09 bits per heavy atom. The number of rotatable bonds is 0. The second kappa shape index (κ2) is 5.11. The number of carbonyl (C=O) groups excluding carboxylic acids is 1. The van der Waals surface area contributed by atoms with Crippen molar-refractivity contribution in [2.45, 2.75) is 6.04 Å². The fourth-order valence-corrected chi connectivity index (χ4v) is 3.73. The number of anilines is 1. The second-order valence-electron chi connectivity index (χ2n) is 6.05. The zero-order chi connectivity index (χ0) is 15.3. The third kappa shape index (κ3) is 2.04. The molecular weight excluding hydrogens is 296 g/mol. The molecule has 0 bridgehead atoms. The van der Waals surface area contributed by atoms with Gasteiger partial charge in [0.15, 0.2) is 5.78 Å². The van der Waals surface area contributed by atoms with Gasteiger partial charge in [0.25, 0.3) is 0 Å². The highest BCUT2D eigenvalue weighted by Crippen LogP contribution is 2.39. The Morgan fingerprint density at radius 2 is 1.91 bits per heavy atom. The molecule has 2 aromatic carbocycles. The molecule has 1 fully saturated rings. The van der Waals surface area contributed by atoms with Crippen LogP contribution in [0.25, 0.3) is 0 Å². The minimum absolute atomic E-state index is 0.0742. The van der Waals surface area contributed by atoms with Gasteiger partial charge in [-0.25, -0.2) is 0 Å². The molecule has 2 aromatic rings. The van der Waals surface area contributed by atoms with Crippen LogP contribution in [0.5, 0.6) is 0 Å². The predicted molar refractivity (Wildman–Crippen MR) is 88.9 cm³/mol. The van der Waals surface area contributed by atoms with Gasteiger partial charge in [-0.05, 0) is 30.8 Å². The normalized spacial score (nSPS) is 20.9. The topological polar surface area (TPSA) is 23.6 Å².